The number of hydrogen-bond donors (Lipinski definition) is 0. The summed E-state index contributed by atoms with van der Waals surface area (Å²) in [4.78, 5) is 19.7. The first-order valence-corrected chi connectivity index (χ1v) is 11.4. The molecular formula is C25H39N3O2. The van der Waals surface area contributed by atoms with Crippen molar-refractivity contribution in [2.75, 3.05) is 37.6 Å². The number of aryl methyl sites for hydroxylation is 1. The first-order chi connectivity index (χ1) is 14.0. The minimum atomic E-state index is -0.499. The number of nitrogens with zero attached hydrogens (tertiary/aromatic N) is 3. The highest BCUT2D eigenvalue weighted by Crippen LogP contribution is 2.32. The second kappa shape index (κ2) is 9.01. The number of benzene rings is 1. The molecule has 3 rings (SSSR count). The van der Waals surface area contributed by atoms with E-state index in [9.17, 15) is 4.79 Å². The van der Waals surface area contributed by atoms with E-state index in [1.807, 2.05) is 25.7 Å². The van der Waals surface area contributed by atoms with Gasteiger partial charge in [0, 0.05) is 44.5 Å². The highest BCUT2D eigenvalue weighted by Gasteiger charge is 2.29. The number of hydrogen-bond acceptors (Lipinski definition) is 4. The normalized spacial score (nSPS) is 21.1. The van der Waals surface area contributed by atoms with Crippen molar-refractivity contribution in [3.05, 3.63) is 35.4 Å². The van der Waals surface area contributed by atoms with E-state index in [0.29, 0.717) is 18.5 Å². The Morgan fingerprint density at radius 2 is 1.80 bits per heavy atom. The summed E-state index contributed by atoms with van der Waals surface area (Å²) in [5.74, 6) is 0.430. The number of carbonyl (C=O) groups excluding carboxylic acids is 1. The molecule has 1 aromatic rings. The van der Waals surface area contributed by atoms with Crippen molar-refractivity contribution in [2.24, 2.45) is 5.92 Å². The van der Waals surface area contributed by atoms with Crippen LogP contribution in [0.1, 0.15) is 59.1 Å². The monoisotopic (exact) mass is 413 g/mol. The average Bonchev–Trinajstić information content (AvgIpc) is 2.66. The molecule has 0 spiro atoms. The lowest BCUT2D eigenvalue weighted by molar-refractivity contribution is 0.0327. The third kappa shape index (κ3) is 5.37. The van der Waals surface area contributed by atoms with Crippen LogP contribution in [0.2, 0.25) is 0 Å². The summed E-state index contributed by atoms with van der Waals surface area (Å²) in [5, 5.41) is 0. The van der Waals surface area contributed by atoms with Crippen molar-refractivity contribution < 1.29 is 9.53 Å². The van der Waals surface area contributed by atoms with E-state index in [1.54, 1.807) is 0 Å². The highest BCUT2D eigenvalue weighted by molar-refractivity contribution is 5.83. The van der Waals surface area contributed by atoms with Gasteiger partial charge in [-0.25, -0.2) is 4.79 Å². The molecule has 0 unspecified atom stereocenters. The number of carbonyl (C=O) groups is 1. The van der Waals surface area contributed by atoms with E-state index in [2.05, 4.69) is 61.8 Å². The van der Waals surface area contributed by atoms with Gasteiger partial charge >= 0.3 is 6.09 Å². The van der Waals surface area contributed by atoms with E-state index in [1.165, 1.54) is 11.3 Å². The number of anilines is 1. The van der Waals surface area contributed by atoms with Gasteiger partial charge in [0.25, 0.3) is 0 Å². The standard InChI is InChI=1S/C25H39N3O2/c1-18(2)26-12-14-27(15-13-26)22-11-9-21(16-20(22)4)23-10-8-19(3)17-28(23)24(29)30-25(5,6)7/h9-11,16,18-19H,8,12-15,17H2,1-7H3/t19-/m0/s1. The van der Waals surface area contributed by atoms with E-state index < -0.39 is 5.60 Å². The molecule has 0 bridgehead atoms. The Morgan fingerprint density at radius 3 is 2.37 bits per heavy atom. The molecule has 0 saturated carbocycles. The van der Waals surface area contributed by atoms with E-state index >= 15 is 0 Å². The van der Waals surface area contributed by atoms with Crippen LogP contribution in [0.25, 0.3) is 5.70 Å². The summed E-state index contributed by atoms with van der Waals surface area (Å²) < 4.78 is 5.69. The highest BCUT2D eigenvalue weighted by atomic mass is 16.6. The molecule has 5 nitrogen and oxygen atoms in total. The molecule has 5 heteroatoms. The Hall–Kier alpha value is -2.01. The summed E-state index contributed by atoms with van der Waals surface area (Å²) in [6, 6.07) is 7.22. The zero-order chi connectivity index (χ0) is 22.1. The molecule has 1 aromatic carbocycles. The quantitative estimate of drug-likeness (QED) is 0.687. The maximum atomic E-state index is 12.9. The van der Waals surface area contributed by atoms with Gasteiger partial charge in [-0.1, -0.05) is 19.1 Å². The maximum absolute atomic E-state index is 12.9. The average molecular weight is 414 g/mol. The molecule has 1 saturated heterocycles. The van der Waals surface area contributed by atoms with E-state index in [-0.39, 0.29) is 6.09 Å². The van der Waals surface area contributed by atoms with Crippen LogP contribution in [0.4, 0.5) is 10.5 Å². The number of amides is 1. The summed E-state index contributed by atoms with van der Waals surface area (Å²) >= 11 is 0. The Labute approximate surface area is 182 Å². The zero-order valence-electron chi connectivity index (χ0n) is 19.9. The van der Waals surface area contributed by atoms with Crippen LogP contribution in [0, 0.1) is 12.8 Å². The van der Waals surface area contributed by atoms with Crippen LogP contribution >= 0.6 is 0 Å². The predicted molar refractivity (Wildman–Crippen MR) is 125 cm³/mol. The molecule has 2 aliphatic rings. The Bertz CT molecular complexity index is 786. The number of allylic oxidation sites excluding steroid dienone is 1. The molecule has 0 radical (unpaired) electrons. The summed E-state index contributed by atoms with van der Waals surface area (Å²) in [6.45, 7) is 19.7. The fraction of sp³-hybridized carbons (Fsp3) is 0.640. The minimum absolute atomic E-state index is 0.258. The molecule has 30 heavy (non-hydrogen) atoms. The third-order valence-electron chi connectivity index (χ3n) is 5.99. The molecule has 0 N–H and O–H groups in total. The van der Waals surface area contributed by atoms with Crippen molar-refractivity contribution in [1.29, 1.82) is 0 Å². The fourth-order valence-corrected chi connectivity index (χ4v) is 4.32. The van der Waals surface area contributed by atoms with Crippen LogP contribution in [0.3, 0.4) is 0 Å². The van der Waals surface area contributed by atoms with Crippen LogP contribution in [0.15, 0.2) is 24.3 Å². The lowest BCUT2D eigenvalue weighted by Gasteiger charge is -2.39. The Balaban J connectivity index is 1.79. The molecule has 2 heterocycles. The largest absolute Gasteiger partial charge is 0.443 e. The van der Waals surface area contributed by atoms with Gasteiger partial charge in [-0.15, -0.1) is 0 Å². The second-order valence-corrected chi connectivity index (χ2v) is 10.1. The van der Waals surface area contributed by atoms with Gasteiger partial charge in [0.15, 0.2) is 0 Å². The predicted octanol–water partition coefficient (Wildman–Crippen LogP) is 5.14. The van der Waals surface area contributed by atoms with Crippen molar-refractivity contribution in [3.8, 4) is 0 Å². The summed E-state index contributed by atoms with van der Waals surface area (Å²) in [6.07, 6.45) is 2.91. The van der Waals surface area contributed by atoms with Gasteiger partial charge in [0.05, 0.1) is 5.70 Å². The lowest BCUT2D eigenvalue weighted by atomic mass is 9.97. The fourth-order valence-electron chi connectivity index (χ4n) is 4.32. The molecule has 0 aromatic heterocycles. The summed E-state index contributed by atoms with van der Waals surface area (Å²) in [7, 11) is 0. The van der Waals surface area contributed by atoms with Crippen LogP contribution < -0.4 is 4.90 Å². The third-order valence-corrected chi connectivity index (χ3v) is 5.99. The first-order valence-electron chi connectivity index (χ1n) is 11.4. The minimum Gasteiger partial charge on any atom is -0.443 e. The molecule has 1 atom stereocenters. The topological polar surface area (TPSA) is 36.0 Å². The molecule has 0 aliphatic carbocycles. The van der Waals surface area contributed by atoms with Gasteiger partial charge < -0.3 is 9.64 Å². The van der Waals surface area contributed by atoms with Gasteiger partial charge in [-0.3, -0.25) is 9.80 Å². The smallest absolute Gasteiger partial charge is 0.414 e. The van der Waals surface area contributed by atoms with Gasteiger partial charge in [0.1, 0.15) is 5.60 Å². The molecular weight excluding hydrogens is 374 g/mol. The van der Waals surface area contributed by atoms with Gasteiger partial charge in [0.2, 0.25) is 0 Å². The second-order valence-electron chi connectivity index (χ2n) is 10.1. The molecule has 1 fully saturated rings. The number of piperazine rings is 1. The van der Waals surface area contributed by atoms with Gasteiger partial charge in [-0.05, 0) is 77.1 Å². The Morgan fingerprint density at radius 1 is 1.13 bits per heavy atom. The zero-order valence-corrected chi connectivity index (χ0v) is 19.9. The number of ether oxygens (including phenoxy) is 1. The van der Waals surface area contributed by atoms with Crippen molar-refractivity contribution >= 4 is 17.5 Å². The summed E-state index contributed by atoms with van der Waals surface area (Å²) in [5.41, 5.74) is 4.13. The van der Waals surface area contributed by atoms with Crippen LogP contribution in [-0.4, -0.2) is 60.3 Å². The van der Waals surface area contributed by atoms with Crippen molar-refractivity contribution in [3.63, 3.8) is 0 Å². The lowest BCUT2D eigenvalue weighted by Crippen LogP contribution is -2.49. The molecule has 166 valence electrons. The Kier molecular flexibility index (Phi) is 6.81. The van der Waals surface area contributed by atoms with Crippen molar-refractivity contribution in [2.45, 2.75) is 66.5 Å². The van der Waals surface area contributed by atoms with E-state index in [0.717, 1.165) is 43.9 Å². The molecule has 2 aliphatic heterocycles. The van der Waals surface area contributed by atoms with E-state index in [4.69, 9.17) is 4.74 Å². The van der Waals surface area contributed by atoms with Crippen molar-refractivity contribution in [1.82, 2.24) is 9.80 Å². The number of rotatable bonds is 3. The van der Waals surface area contributed by atoms with Gasteiger partial charge in [-0.2, -0.15) is 0 Å². The van der Waals surface area contributed by atoms with Crippen LogP contribution in [-0.2, 0) is 4.74 Å². The SMILES string of the molecule is Cc1cc(C2=CC[C@H](C)CN2C(=O)OC(C)(C)C)ccc1N1CCN(C(C)C)CC1. The van der Waals surface area contributed by atoms with Crippen LogP contribution in [0.5, 0.6) is 0 Å². The molecule has 1 amide bonds. The maximum Gasteiger partial charge on any atom is 0.414 e. The first kappa shape index (κ1) is 22.7.